The van der Waals surface area contributed by atoms with Crippen molar-refractivity contribution >= 4 is 11.3 Å². The van der Waals surface area contributed by atoms with Crippen molar-refractivity contribution in [2.45, 2.75) is 26.8 Å². The molecular formula is C11H21N3S. The molecule has 0 aliphatic carbocycles. The fraction of sp³-hybridized carbons (Fsp3) is 0.727. The van der Waals surface area contributed by atoms with Gasteiger partial charge in [0.05, 0.1) is 5.51 Å². The van der Waals surface area contributed by atoms with E-state index >= 15 is 0 Å². The van der Waals surface area contributed by atoms with Gasteiger partial charge >= 0.3 is 0 Å². The third-order valence-corrected chi connectivity index (χ3v) is 3.13. The van der Waals surface area contributed by atoms with E-state index in [4.69, 9.17) is 5.73 Å². The Morgan fingerprint density at radius 3 is 2.87 bits per heavy atom. The Kier molecular flexibility index (Phi) is 5.83. The maximum absolute atomic E-state index is 5.73. The maximum atomic E-state index is 5.73. The summed E-state index contributed by atoms with van der Waals surface area (Å²) in [6.07, 6.45) is 3.11. The van der Waals surface area contributed by atoms with E-state index in [-0.39, 0.29) is 0 Å². The molecule has 1 aromatic heterocycles. The first-order valence-corrected chi connectivity index (χ1v) is 6.38. The molecule has 15 heavy (non-hydrogen) atoms. The van der Waals surface area contributed by atoms with E-state index in [1.807, 2.05) is 11.7 Å². The Hall–Kier alpha value is -0.450. The van der Waals surface area contributed by atoms with Gasteiger partial charge in [-0.1, -0.05) is 13.8 Å². The zero-order chi connectivity index (χ0) is 11.1. The van der Waals surface area contributed by atoms with E-state index in [2.05, 4.69) is 24.1 Å². The molecule has 1 rings (SSSR count). The first-order chi connectivity index (χ1) is 7.22. The lowest BCUT2D eigenvalue weighted by Crippen LogP contribution is -2.28. The van der Waals surface area contributed by atoms with Gasteiger partial charge in [0.25, 0.3) is 0 Å². The van der Waals surface area contributed by atoms with Crippen molar-refractivity contribution in [1.82, 2.24) is 10.3 Å². The van der Waals surface area contributed by atoms with Crippen LogP contribution in [-0.2, 0) is 6.54 Å². The Labute approximate surface area is 96.1 Å². The van der Waals surface area contributed by atoms with Gasteiger partial charge < -0.3 is 11.1 Å². The standard InChI is InChI=1S/C11H21N3S/c1-9(2)3-10(4-12)5-13-6-11-7-14-8-15-11/h7-10,13H,3-6,12H2,1-2H3. The SMILES string of the molecule is CC(C)CC(CN)CNCc1cncs1. The zero-order valence-corrected chi connectivity index (χ0v) is 10.4. The van der Waals surface area contributed by atoms with Crippen molar-refractivity contribution < 1.29 is 0 Å². The lowest BCUT2D eigenvalue weighted by molar-refractivity contribution is 0.394. The van der Waals surface area contributed by atoms with Crippen LogP contribution in [0.4, 0.5) is 0 Å². The molecule has 1 atom stereocenters. The molecule has 0 saturated heterocycles. The lowest BCUT2D eigenvalue weighted by atomic mass is 9.97. The molecule has 3 nitrogen and oxygen atoms in total. The highest BCUT2D eigenvalue weighted by molar-refractivity contribution is 7.09. The van der Waals surface area contributed by atoms with Gasteiger partial charge in [-0.15, -0.1) is 11.3 Å². The highest BCUT2D eigenvalue weighted by atomic mass is 32.1. The number of nitrogens with two attached hydrogens (primary N) is 1. The molecule has 0 amide bonds. The predicted molar refractivity (Wildman–Crippen MR) is 65.8 cm³/mol. The van der Waals surface area contributed by atoms with Crippen molar-refractivity contribution in [3.05, 3.63) is 16.6 Å². The van der Waals surface area contributed by atoms with Gasteiger partial charge in [0.2, 0.25) is 0 Å². The average molecular weight is 227 g/mol. The number of nitrogens with zero attached hydrogens (tertiary/aromatic N) is 1. The first kappa shape index (κ1) is 12.6. The molecule has 0 aliphatic heterocycles. The molecule has 4 heteroatoms. The molecule has 1 aromatic rings. The molecule has 0 aliphatic rings. The number of aromatic nitrogens is 1. The highest BCUT2D eigenvalue weighted by Crippen LogP contribution is 2.10. The molecule has 3 N–H and O–H groups in total. The lowest BCUT2D eigenvalue weighted by Gasteiger charge is -2.17. The van der Waals surface area contributed by atoms with Crippen molar-refractivity contribution in [1.29, 1.82) is 0 Å². The number of hydrogen-bond acceptors (Lipinski definition) is 4. The van der Waals surface area contributed by atoms with Crippen molar-refractivity contribution in [2.75, 3.05) is 13.1 Å². The number of hydrogen-bond donors (Lipinski definition) is 2. The average Bonchev–Trinajstić information content (AvgIpc) is 2.68. The molecule has 0 fully saturated rings. The summed E-state index contributed by atoms with van der Waals surface area (Å²) >= 11 is 1.69. The zero-order valence-electron chi connectivity index (χ0n) is 9.57. The number of rotatable bonds is 7. The summed E-state index contributed by atoms with van der Waals surface area (Å²) < 4.78 is 0. The fourth-order valence-corrected chi connectivity index (χ4v) is 2.22. The Morgan fingerprint density at radius 2 is 2.33 bits per heavy atom. The molecule has 1 heterocycles. The van der Waals surface area contributed by atoms with Crippen LogP contribution in [0.3, 0.4) is 0 Å². The molecule has 1 unspecified atom stereocenters. The van der Waals surface area contributed by atoms with E-state index in [1.54, 1.807) is 11.3 Å². The summed E-state index contributed by atoms with van der Waals surface area (Å²) in [6.45, 7) is 7.18. The number of thiazole rings is 1. The van der Waals surface area contributed by atoms with Crippen molar-refractivity contribution in [3.63, 3.8) is 0 Å². The van der Waals surface area contributed by atoms with Crippen LogP contribution in [-0.4, -0.2) is 18.1 Å². The van der Waals surface area contributed by atoms with Crippen molar-refractivity contribution in [3.8, 4) is 0 Å². The quantitative estimate of drug-likeness (QED) is 0.747. The van der Waals surface area contributed by atoms with Crippen molar-refractivity contribution in [2.24, 2.45) is 17.6 Å². The smallest absolute Gasteiger partial charge is 0.0794 e. The van der Waals surface area contributed by atoms with E-state index in [1.165, 1.54) is 11.3 Å². The van der Waals surface area contributed by atoms with Gasteiger partial charge in [-0.2, -0.15) is 0 Å². The van der Waals surface area contributed by atoms with Crippen LogP contribution in [0.15, 0.2) is 11.7 Å². The van der Waals surface area contributed by atoms with E-state index in [9.17, 15) is 0 Å². The van der Waals surface area contributed by atoms with Gasteiger partial charge in [0.15, 0.2) is 0 Å². The van der Waals surface area contributed by atoms with Gasteiger partial charge in [-0.25, -0.2) is 0 Å². The third kappa shape index (κ3) is 5.25. The summed E-state index contributed by atoms with van der Waals surface area (Å²) in [7, 11) is 0. The molecule has 0 saturated carbocycles. The molecule has 0 bridgehead atoms. The van der Waals surface area contributed by atoms with Gasteiger partial charge in [-0.05, 0) is 31.3 Å². The maximum Gasteiger partial charge on any atom is 0.0794 e. The normalized spacial score (nSPS) is 13.3. The summed E-state index contributed by atoms with van der Waals surface area (Å²) in [5.41, 5.74) is 7.60. The second-order valence-corrected chi connectivity index (χ2v) is 5.30. The minimum Gasteiger partial charge on any atom is -0.330 e. The second-order valence-electron chi connectivity index (χ2n) is 4.33. The monoisotopic (exact) mass is 227 g/mol. The van der Waals surface area contributed by atoms with Gasteiger partial charge in [0.1, 0.15) is 0 Å². The van der Waals surface area contributed by atoms with Crippen LogP contribution in [0.1, 0.15) is 25.1 Å². The minimum absolute atomic E-state index is 0.595. The van der Waals surface area contributed by atoms with E-state index in [0.29, 0.717) is 5.92 Å². The van der Waals surface area contributed by atoms with Crippen LogP contribution in [0.2, 0.25) is 0 Å². The predicted octanol–water partition coefficient (Wildman–Crippen LogP) is 1.85. The highest BCUT2D eigenvalue weighted by Gasteiger charge is 2.08. The Balaban J connectivity index is 2.17. The molecule has 0 aromatic carbocycles. The molecule has 86 valence electrons. The van der Waals surface area contributed by atoms with Crippen LogP contribution < -0.4 is 11.1 Å². The summed E-state index contributed by atoms with van der Waals surface area (Å²) in [5, 5.41) is 3.43. The van der Waals surface area contributed by atoms with Crippen LogP contribution in [0.5, 0.6) is 0 Å². The summed E-state index contributed by atoms with van der Waals surface area (Å²) in [5.74, 6) is 1.32. The van der Waals surface area contributed by atoms with E-state index < -0.39 is 0 Å². The third-order valence-electron chi connectivity index (χ3n) is 2.35. The van der Waals surface area contributed by atoms with Gasteiger partial charge in [0, 0.05) is 17.6 Å². The fourth-order valence-electron chi connectivity index (χ4n) is 1.66. The Morgan fingerprint density at radius 1 is 1.53 bits per heavy atom. The summed E-state index contributed by atoms with van der Waals surface area (Å²) in [4.78, 5) is 5.33. The first-order valence-electron chi connectivity index (χ1n) is 5.50. The van der Waals surface area contributed by atoms with Crippen LogP contribution in [0.25, 0.3) is 0 Å². The second kappa shape index (κ2) is 6.93. The van der Waals surface area contributed by atoms with Crippen LogP contribution in [0, 0.1) is 11.8 Å². The largest absolute Gasteiger partial charge is 0.330 e. The molecular weight excluding hydrogens is 206 g/mol. The minimum atomic E-state index is 0.595. The summed E-state index contributed by atoms with van der Waals surface area (Å²) in [6, 6.07) is 0. The van der Waals surface area contributed by atoms with E-state index in [0.717, 1.165) is 25.6 Å². The Bertz CT molecular complexity index is 246. The van der Waals surface area contributed by atoms with Gasteiger partial charge in [-0.3, -0.25) is 4.98 Å². The molecule has 0 radical (unpaired) electrons. The topological polar surface area (TPSA) is 50.9 Å². The molecule has 0 spiro atoms. The van der Waals surface area contributed by atoms with Crippen LogP contribution >= 0.6 is 11.3 Å². The number of nitrogens with one attached hydrogen (secondary N) is 1.